The second-order valence-corrected chi connectivity index (χ2v) is 6.68. The minimum atomic E-state index is -0.468. The van der Waals surface area contributed by atoms with Gasteiger partial charge >= 0.3 is 0 Å². The average Bonchev–Trinajstić information content (AvgIpc) is 3.35. The second-order valence-electron chi connectivity index (χ2n) is 5.83. The number of hydrogen-bond donors (Lipinski definition) is 2. The predicted octanol–water partition coefficient (Wildman–Crippen LogP) is 4.49. The van der Waals surface area contributed by atoms with Crippen LogP contribution in [0, 0.1) is 17.0 Å². The third kappa shape index (κ3) is 3.73. The number of hydrogen-bond acceptors (Lipinski definition) is 4. The maximum Gasteiger partial charge on any atom is 0.293 e. The third-order valence-electron chi connectivity index (χ3n) is 3.82. The van der Waals surface area contributed by atoms with Crippen molar-refractivity contribution < 1.29 is 9.72 Å². The molecule has 0 aromatic heterocycles. The quantitative estimate of drug-likeness (QED) is 0.582. The fraction of sp³-hybridized carbons (Fsp3) is 0.235. The summed E-state index contributed by atoms with van der Waals surface area (Å²) in [5.74, 6) is -0.383. The first-order valence-electron chi connectivity index (χ1n) is 7.56. The first-order valence-corrected chi connectivity index (χ1v) is 8.36. The Bertz CT molecular complexity index is 819. The van der Waals surface area contributed by atoms with Crippen LogP contribution in [0.5, 0.6) is 0 Å². The van der Waals surface area contributed by atoms with Gasteiger partial charge in [-0.05, 0) is 49.6 Å². The molecule has 1 aliphatic rings. The lowest BCUT2D eigenvalue weighted by Gasteiger charge is -2.09. The number of benzene rings is 2. The molecule has 24 heavy (non-hydrogen) atoms. The summed E-state index contributed by atoms with van der Waals surface area (Å²) < 4.78 is 0.885. The van der Waals surface area contributed by atoms with E-state index in [-0.39, 0.29) is 17.2 Å². The summed E-state index contributed by atoms with van der Waals surface area (Å²) in [7, 11) is 0. The highest BCUT2D eigenvalue weighted by molar-refractivity contribution is 9.10. The van der Waals surface area contributed by atoms with Gasteiger partial charge in [-0.15, -0.1) is 0 Å². The Balaban J connectivity index is 1.82. The molecule has 124 valence electrons. The number of anilines is 2. The topological polar surface area (TPSA) is 84.3 Å². The molecule has 6 nitrogen and oxygen atoms in total. The van der Waals surface area contributed by atoms with Gasteiger partial charge in [-0.2, -0.15) is 0 Å². The molecule has 0 heterocycles. The molecule has 0 aliphatic heterocycles. The van der Waals surface area contributed by atoms with Crippen molar-refractivity contribution in [2.75, 3.05) is 10.6 Å². The zero-order valence-electron chi connectivity index (χ0n) is 13.0. The van der Waals surface area contributed by atoms with Crippen molar-refractivity contribution in [3.05, 3.63) is 62.1 Å². The summed E-state index contributed by atoms with van der Waals surface area (Å²) in [6, 6.07) is 10.3. The van der Waals surface area contributed by atoms with E-state index < -0.39 is 4.92 Å². The first kappa shape index (κ1) is 16.4. The van der Waals surface area contributed by atoms with Crippen LogP contribution in [-0.4, -0.2) is 16.9 Å². The normalized spacial score (nSPS) is 13.4. The van der Waals surface area contributed by atoms with Gasteiger partial charge in [-0.3, -0.25) is 14.9 Å². The molecule has 3 rings (SSSR count). The largest absolute Gasteiger partial charge is 0.377 e. The van der Waals surface area contributed by atoms with Crippen LogP contribution in [0.4, 0.5) is 17.1 Å². The van der Waals surface area contributed by atoms with Crippen LogP contribution >= 0.6 is 15.9 Å². The highest BCUT2D eigenvalue weighted by Crippen LogP contribution is 2.31. The summed E-state index contributed by atoms with van der Waals surface area (Å²) in [6.07, 6.45) is 2.03. The van der Waals surface area contributed by atoms with E-state index in [1.54, 1.807) is 24.3 Å². The van der Waals surface area contributed by atoms with Crippen molar-refractivity contribution in [3.63, 3.8) is 0 Å². The van der Waals surface area contributed by atoms with Crippen molar-refractivity contribution >= 4 is 38.9 Å². The lowest BCUT2D eigenvalue weighted by molar-refractivity contribution is -0.384. The van der Waals surface area contributed by atoms with E-state index in [0.29, 0.717) is 17.4 Å². The van der Waals surface area contributed by atoms with Crippen LogP contribution in [0.25, 0.3) is 0 Å². The van der Waals surface area contributed by atoms with Crippen LogP contribution in [0.15, 0.2) is 40.9 Å². The van der Waals surface area contributed by atoms with E-state index >= 15 is 0 Å². The maximum atomic E-state index is 12.4. The Morgan fingerprint density at radius 2 is 2.00 bits per heavy atom. The maximum absolute atomic E-state index is 12.4. The van der Waals surface area contributed by atoms with E-state index in [1.165, 1.54) is 6.07 Å². The molecular weight excluding hydrogens is 374 g/mol. The van der Waals surface area contributed by atoms with Gasteiger partial charge in [-0.25, -0.2) is 0 Å². The summed E-state index contributed by atoms with van der Waals surface area (Å²) in [5.41, 5.74) is 2.30. The molecule has 2 aromatic carbocycles. The van der Waals surface area contributed by atoms with Crippen LogP contribution in [0.2, 0.25) is 0 Å². The van der Waals surface area contributed by atoms with E-state index in [2.05, 4.69) is 26.6 Å². The lowest BCUT2D eigenvalue weighted by Crippen LogP contribution is -2.13. The van der Waals surface area contributed by atoms with Crippen molar-refractivity contribution in [1.29, 1.82) is 0 Å². The number of nitrogens with zero attached hydrogens (tertiary/aromatic N) is 1. The van der Waals surface area contributed by atoms with Gasteiger partial charge in [0.1, 0.15) is 5.69 Å². The van der Waals surface area contributed by atoms with Crippen molar-refractivity contribution in [1.82, 2.24) is 0 Å². The number of carbonyl (C=O) groups excluding carboxylic acids is 1. The molecule has 1 saturated carbocycles. The number of carbonyl (C=O) groups is 1. The van der Waals surface area contributed by atoms with Gasteiger partial charge in [-0.1, -0.05) is 22.0 Å². The van der Waals surface area contributed by atoms with Crippen molar-refractivity contribution in [2.45, 2.75) is 25.8 Å². The van der Waals surface area contributed by atoms with Crippen LogP contribution in [-0.2, 0) is 0 Å². The molecule has 0 unspecified atom stereocenters. The molecule has 0 spiro atoms. The number of rotatable bonds is 5. The van der Waals surface area contributed by atoms with E-state index in [1.807, 2.05) is 13.0 Å². The highest BCUT2D eigenvalue weighted by Gasteiger charge is 2.25. The Kier molecular flexibility index (Phi) is 4.53. The van der Waals surface area contributed by atoms with Gasteiger partial charge in [0.15, 0.2) is 0 Å². The number of amides is 1. The lowest BCUT2D eigenvalue weighted by atomic mass is 10.1. The van der Waals surface area contributed by atoms with Crippen molar-refractivity contribution in [2.24, 2.45) is 0 Å². The van der Waals surface area contributed by atoms with E-state index in [4.69, 9.17) is 0 Å². The molecule has 0 bridgehead atoms. The van der Waals surface area contributed by atoms with Crippen LogP contribution in [0.1, 0.15) is 28.8 Å². The zero-order valence-corrected chi connectivity index (χ0v) is 14.6. The highest BCUT2D eigenvalue weighted by atomic mass is 79.9. The second kappa shape index (κ2) is 6.60. The molecule has 1 fully saturated rings. The number of nitro benzene ring substituents is 1. The van der Waals surface area contributed by atoms with Gasteiger partial charge < -0.3 is 10.6 Å². The third-order valence-corrected chi connectivity index (χ3v) is 4.68. The molecule has 0 atom stereocenters. The van der Waals surface area contributed by atoms with Crippen LogP contribution < -0.4 is 10.6 Å². The molecule has 7 heteroatoms. The van der Waals surface area contributed by atoms with Gasteiger partial charge in [0.2, 0.25) is 0 Å². The Hall–Kier alpha value is -2.41. The van der Waals surface area contributed by atoms with Gasteiger partial charge in [0.25, 0.3) is 11.6 Å². The monoisotopic (exact) mass is 389 g/mol. The fourth-order valence-corrected chi connectivity index (χ4v) is 2.65. The van der Waals surface area contributed by atoms with E-state index in [0.717, 1.165) is 22.9 Å². The Morgan fingerprint density at radius 1 is 1.25 bits per heavy atom. The number of halogens is 1. The minimum absolute atomic E-state index is 0.0837. The fourth-order valence-electron chi connectivity index (χ4n) is 2.27. The molecule has 1 aliphatic carbocycles. The summed E-state index contributed by atoms with van der Waals surface area (Å²) >= 11 is 3.41. The molecule has 0 saturated heterocycles. The molecule has 0 radical (unpaired) electrons. The summed E-state index contributed by atoms with van der Waals surface area (Å²) in [5, 5.41) is 17.1. The summed E-state index contributed by atoms with van der Waals surface area (Å²) in [4.78, 5) is 23.2. The molecule has 2 aromatic rings. The Morgan fingerprint density at radius 3 is 2.62 bits per heavy atom. The predicted molar refractivity (Wildman–Crippen MR) is 96.6 cm³/mol. The minimum Gasteiger partial charge on any atom is -0.377 e. The smallest absolute Gasteiger partial charge is 0.293 e. The number of aryl methyl sites for hydroxylation is 1. The van der Waals surface area contributed by atoms with Gasteiger partial charge in [0, 0.05) is 27.8 Å². The number of nitro groups is 1. The first-order chi connectivity index (χ1) is 11.4. The van der Waals surface area contributed by atoms with Gasteiger partial charge in [0.05, 0.1) is 4.92 Å². The molecule has 1 amide bonds. The van der Waals surface area contributed by atoms with E-state index in [9.17, 15) is 14.9 Å². The summed E-state index contributed by atoms with van der Waals surface area (Å²) in [6.45, 7) is 1.95. The standard InChI is InChI=1S/C17H16BrN3O3/c1-10-2-4-13(9-14(10)18)20-17(22)11-3-7-15(19-12-5-6-12)16(8-11)21(23)24/h2-4,7-9,12,19H,5-6H2,1H3,(H,20,22). The zero-order chi connectivity index (χ0) is 17.3. The molecule has 2 N–H and O–H groups in total. The average molecular weight is 390 g/mol. The SMILES string of the molecule is Cc1ccc(NC(=O)c2ccc(NC3CC3)c([N+](=O)[O-])c2)cc1Br. The molecular formula is C17H16BrN3O3. The number of nitrogens with one attached hydrogen (secondary N) is 2. The Labute approximate surface area is 147 Å². The van der Waals surface area contributed by atoms with Crippen LogP contribution in [0.3, 0.4) is 0 Å². The van der Waals surface area contributed by atoms with Crippen molar-refractivity contribution in [3.8, 4) is 0 Å².